The Morgan fingerprint density at radius 2 is 1.93 bits per heavy atom. The predicted molar refractivity (Wildman–Crippen MR) is 74.0 cm³/mol. The van der Waals surface area contributed by atoms with Gasteiger partial charge in [0.1, 0.15) is 0 Å². The van der Waals surface area contributed by atoms with Gasteiger partial charge in [0.2, 0.25) is 0 Å². The van der Waals surface area contributed by atoms with Crippen LogP contribution >= 0.6 is 27.3 Å². The number of halogens is 1. The molecule has 0 aliphatic carbocycles. The van der Waals surface area contributed by atoms with Crippen molar-refractivity contribution >= 4 is 27.3 Å². The lowest BCUT2D eigenvalue weighted by Crippen LogP contribution is -2.16. The fourth-order valence-electron chi connectivity index (χ4n) is 2.04. The van der Waals surface area contributed by atoms with Crippen molar-refractivity contribution in [2.45, 2.75) is 50.8 Å². The first kappa shape index (κ1) is 13.2. The molecule has 0 bridgehead atoms. The number of hydrogen-bond donors (Lipinski definition) is 0. The van der Waals surface area contributed by atoms with Crippen molar-refractivity contribution in [1.29, 1.82) is 0 Å². The van der Waals surface area contributed by atoms with Gasteiger partial charge in [-0.15, -0.1) is 11.3 Å². The molecule has 86 valence electrons. The monoisotopic (exact) mass is 288 g/mol. The Morgan fingerprint density at radius 3 is 2.40 bits per heavy atom. The molecular weight excluding hydrogens is 268 g/mol. The van der Waals surface area contributed by atoms with Gasteiger partial charge in [0.25, 0.3) is 0 Å². The summed E-state index contributed by atoms with van der Waals surface area (Å²) < 4.78 is 0. The first-order chi connectivity index (χ1) is 7.27. The van der Waals surface area contributed by atoms with Crippen LogP contribution in [0.25, 0.3) is 0 Å². The summed E-state index contributed by atoms with van der Waals surface area (Å²) in [5, 5.41) is 2.17. The van der Waals surface area contributed by atoms with Crippen LogP contribution in [-0.2, 0) is 6.42 Å². The second kappa shape index (κ2) is 7.45. The van der Waals surface area contributed by atoms with Gasteiger partial charge < -0.3 is 0 Å². The van der Waals surface area contributed by atoms with Crippen LogP contribution in [0.1, 0.15) is 44.4 Å². The molecule has 0 aliphatic rings. The summed E-state index contributed by atoms with van der Waals surface area (Å²) in [5.74, 6) is 0.849. The fraction of sp³-hybridized carbons (Fsp3) is 0.692. The van der Waals surface area contributed by atoms with Crippen LogP contribution in [0.15, 0.2) is 17.5 Å². The van der Waals surface area contributed by atoms with Crippen molar-refractivity contribution in [2.24, 2.45) is 5.92 Å². The van der Waals surface area contributed by atoms with Crippen molar-refractivity contribution in [1.82, 2.24) is 0 Å². The second-order valence-electron chi connectivity index (χ2n) is 4.14. The Morgan fingerprint density at radius 1 is 1.27 bits per heavy atom. The van der Waals surface area contributed by atoms with Gasteiger partial charge in [-0.05, 0) is 36.6 Å². The van der Waals surface area contributed by atoms with Crippen molar-refractivity contribution in [3.63, 3.8) is 0 Å². The average molecular weight is 289 g/mol. The Labute approximate surface area is 106 Å². The third kappa shape index (κ3) is 4.69. The van der Waals surface area contributed by atoms with Crippen LogP contribution in [0.2, 0.25) is 0 Å². The molecule has 1 rings (SSSR count). The van der Waals surface area contributed by atoms with E-state index in [1.54, 1.807) is 0 Å². The van der Waals surface area contributed by atoms with Gasteiger partial charge in [-0.25, -0.2) is 0 Å². The number of rotatable bonds is 7. The molecule has 0 saturated carbocycles. The highest BCUT2D eigenvalue weighted by atomic mass is 79.9. The second-order valence-corrected chi connectivity index (χ2v) is 6.35. The number of hydrogen-bond acceptors (Lipinski definition) is 1. The molecule has 0 amide bonds. The summed E-state index contributed by atoms with van der Waals surface area (Å²) in [6.07, 6.45) is 6.51. The van der Waals surface area contributed by atoms with E-state index in [1.807, 2.05) is 11.3 Å². The maximum Gasteiger partial charge on any atom is 0.0222 e. The van der Waals surface area contributed by atoms with E-state index in [-0.39, 0.29) is 0 Å². The van der Waals surface area contributed by atoms with Crippen molar-refractivity contribution in [2.75, 3.05) is 0 Å². The zero-order chi connectivity index (χ0) is 11.1. The van der Waals surface area contributed by atoms with Gasteiger partial charge in [-0.2, -0.15) is 0 Å². The molecule has 0 nitrogen and oxygen atoms in total. The molecule has 1 heterocycles. The molecule has 1 aromatic heterocycles. The van der Waals surface area contributed by atoms with E-state index in [2.05, 4.69) is 47.3 Å². The third-order valence-electron chi connectivity index (χ3n) is 2.81. The average Bonchev–Trinajstić information content (AvgIpc) is 2.70. The molecule has 0 N–H and O–H groups in total. The van der Waals surface area contributed by atoms with Crippen molar-refractivity contribution < 1.29 is 0 Å². The van der Waals surface area contributed by atoms with Crippen LogP contribution in [0.3, 0.4) is 0 Å². The van der Waals surface area contributed by atoms with Gasteiger partial charge in [0, 0.05) is 9.70 Å². The van der Waals surface area contributed by atoms with E-state index in [0.717, 1.165) is 5.92 Å². The summed E-state index contributed by atoms with van der Waals surface area (Å²) in [6, 6.07) is 4.39. The smallest absolute Gasteiger partial charge is 0.0222 e. The van der Waals surface area contributed by atoms with Crippen molar-refractivity contribution in [3.05, 3.63) is 22.4 Å². The molecule has 0 saturated heterocycles. The lowest BCUT2D eigenvalue weighted by atomic mass is 9.93. The normalized spacial score (nSPS) is 13.3. The Balaban J connectivity index is 2.44. The molecule has 0 aliphatic heterocycles. The Bertz CT molecular complexity index is 237. The topological polar surface area (TPSA) is 0 Å². The first-order valence-electron chi connectivity index (χ1n) is 5.94. The summed E-state index contributed by atoms with van der Waals surface area (Å²) in [4.78, 5) is 2.17. The molecule has 0 spiro atoms. The largest absolute Gasteiger partial charge is 0.149 e. The van der Waals surface area contributed by atoms with E-state index in [1.165, 1.54) is 37.0 Å². The molecule has 0 fully saturated rings. The SMILES string of the molecule is CCCC(CCC)C(Br)Cc1cccs1. The minimum atomic E-state index is 0.663. The summed E-state index contributed by atoms with van der Waals surface area (Å²) in [7, 11) is 0. The minimum absolute atomic E-state index is 0.663. The summed E-state index contributed by atoms with van der Waals surface area (Å²) in [6.45, 7) is 4.57. The van der Waals surface area contributed by atoms with Gasteiger partial charge in [0.05, 0.1) is 0 Å². The maximum absolute atomic E-state index is 3.87. The molecule has 0 aromatic carbocycles. The van der Waals surface area contributed by atoms with Crippen LogP contribution in [-0.4, -0.2) is 4.83 Å². The standard InChI is InChI=1S/C13H21BrS/c1-3-6-11(7-4-2)13(14)10-12-8-5-9-15-12/h5,8-9,11,13H,3-4,6-7,10H2,1-2H3. The predicted octanol–water partition coefficient (Wildman–Crippen LogP) is 5.27. The van der Waals surface area contributed by atoms with Crippen LogP contribution in [0.5, 0.6) is 0 Å². The first-order valence-corrected chi connectivity index (χ1v) is 7.73. The molecule has 15 heavy (non-hydrogen) atoms. The highest BCUT2D eigenvalue weighted by Gasteiger charge is 2.17. The van der Waals surface area contributed by atoms with Crippen molar-refractivity contribution in [3.8, 4) is 0 Å². The number of thiophene rings is 1. The van der Waals surface area contributed by atoms with Gasteiger partial charge >= 0.3 is 0 Å². The van der Waals surface area contributed by atoms with E-state index in [4.69, 9.17) is 0 Å². The highest BCUT2D eigenvalue weighted by molar-refractivity contribution is 9.09. The van der Waals surface area contributed by atoms with E-state index in [9.17, 15) is 0 Å². The van der Waals surface area contributed by atoms with E-state index < -0.39 is 0 Å². The molecule has 1 atom stereocenters. The van der Waals surface area contributed by atoms with Crippen LogP contribution in [0, 0.1) is 5.92 Å². The molecule has 0 radical (unpaired) electrons. The molecular formula is C13H21BrS. The third-order valence-corrected chi connectivity index (χ3v) is 4.78. The van der Waals surface area contributed by atoms with Gasteiger partial charge in [-0.3, -0.25) is 0 Å². The Kier molecular flexibility index (Phi) is 6.58. The van der Waals surface area contributed by atoms with Crippen LogP contribution in [0.4, 0.5) is 0 Å². The molecule has 2 heteroatoms. The zero-order valence-corrected chi connectivity index (χ0v) is 12.1. The molecule has 1 aromatic rings. The zero-order valence-electron chi connectivity index (χ0n) is 9.71. The number of alkyl halides is 1. The van der Waals surface area contributed by atoms with Gasteiger partial charge in [0.15, 0.2) is 0 Å². The van der Waals surface area contributed by atoms with Gasteiger partial charge in [-0.1, -0.05) is 48.7 Å². The lowest BCUT2D eigenvalue weighted by Gasteiger charge is -2.21. The summed E-state index contributed by atoms with van der Waals surface area (Å²) >= 11 is 5.75. The van der Waals surface area contributed by atoms with Crippen LogP contribution < -0.4 is 0 Å². The minimum Gasteiger partial charge on any atom is -0.149 e. The molecule has 1 unspecified atom stereocenters. The quantitative estimate of drug-likeness (QED) is 0.600. The van der Waals surface area contributed by atoms with E-state index >= 15 is 0 Å². The van der Waals surface area contributed by atoms with E-state index in [0.29, 0.717) is 4.83 Å². The lowest BCUT2D eigenvalue weighted by molar-refractivity contribution is 0.428. The maximum atomic E-state index is 3.87. The highest BCUT2D eigenvalue weighted by Crippen LogP contribution is 2.27. The Hall–Kier alpha value is 0.180. The fourth-order valence-corrected chi connectivity index (χ4v) is 3.89. The summed E-state index contributed by atoms with van der Waals surface area (Å²) in [5.41, 5.74) is 0.